The first-order valence-corrected chi connectivity index (χ1v) is 4.47. The van der Waals surface area contributed by atoms with Crippen LogP contribution in [0.25, 0.3) is 0 Å². The Bertz CT molecular complexity index is 337. The molecule has 0 amide bonds. The molecule has 0 saturated heterocycles. The molecule has 0 bridgehead atoms. The van der Waals surface area contributed by atoms with Gasteiger partial charge < -0.3 is 21.1 Å². The Hall–Kier alpha value is -1.43. The van der Waals surface area contributed by atoms with E-state index in [1.54, 1.807) is 24.3 Å². The van der Waals surface area contributed by atoms with Gasteiger partial charge in [-0.15, -0.1) is 0 Å². The Balaban J connectivity index is 2.84. The van der Waals surface area contributed by atoms with Crippen molar-refractivity contribution < 1.29 is 15.3 Å². The number of benzene rings is 1. The lowest BCUT2D eigenvalue weighted by atomic mass is 10.0. The van der Waals surface area contributed by atoms with Gasteiger partial charge in [0.25, 0.3) is 0 Å². The summed E-state index contributed by atoms with van der Waals surface area (Å²) in [6.45, 7) is -0.504. The maximum Gasteiger partial charge on any atom is 0.122 e. The molecular weight excluding hydrogens is 196 g/mol. The Kier molecular flexibility index (Phi) is 3.79. The fraction of sp³-hybridized carbons (Fsp3) is 0.300. The zero-order chi connectivity index (χ0) is 11.4. The highest BCUT2D eigenvalue weighted by Gasteiger charge is 2.16. The van der Waals surface area contributed by atoms with Crippen LogP contribution in [0.3, 0.4) is 0 Å². The standard InChI is InChI=1S/C10H14N2O3/c11-10(12)7-3-1-6(2-4-7)9(15)8(14)5-13/h1-4,8-9,13-15H,5H2,(H3,11,12). The second-order valence-corrected chi connectivity index (χ2v) is 3.23. The van der Waals surface area contributed by atoms with Gasteiger partial charge in [-0.3, -0.25) is 5.41 Å². The van der Waals surface area contributed by atoms with Crippen LogP contribution in [0.5, 0.6) is 0 Å². The van der Waals surface area contributed by atoms with Gasteiger partial charge in [0, 0.05) is 5.56 Å². The van der Waals surface area contributed by atoms with Crippen LogP contribution in [0.2, 0.25) is 0 Å². The van der Waals surface area contributed by atoms with Gasteiger partial charge in [0.1, 0.15) is 18.0 Å². The Morgan fingerprint density at radius 2 is 1.80 bits per heavy atom. The fourth-order valence-corrected chi connectivity index (χ4v) is 1.18. The molecule has 1 aromatic rings. The molecule has 6 N–H and O–H groups in total. The van der Waals surface area contributed by atoms with E-state index in [0.717, 1.165) is 0 Å². The van der Waals surface area contributed by atoms with E-state index in [2.05, 4.69) is 0 Å². The lowest BCUT2D eigenvalue weighted by Crippen LogP contribution is -2.22. The fourth-order valence-electron chi connectivity index (χ4n) is 1.18. The molecule has 0 heterocycles. The van der Waals surface area contributed by atoms with Gasteiger partial charge in [-0.05, 0) is 5.56 Å². The van der Waals surface area contributed by atoms with Crippen molar-refractivity contribution >= 4 is 5.84 Å². The molecule has 0 spiro atoms. The van der Waals surface area contributed by atoms with Crippen molar-refractivity contribution in [1.29, 1.82) is 5.41 Å². The van der Waals surface area contributed by atoms with Crippen LogP contribution < -0.4 is 5.73 Å². The summed E-state index contributed by atoms with van der Waals surface area (Å²) in [5.41, 5.74) is 6.28. The number of nitrogens with one attached hydrogen (secondary N) is 1. The van der Waals surface area contributed by atoms with Gasteiger partial charge >= 0.3 is 0 Å². The number of nitrogen functional groups attached to an aromatic ring is 1. The predicted molar refractivity (Wildman–Crippen MR) is 55.5 cm³/mol. The zero-order valence-electron chi connectivity index (χ0n) is 8.09. The molecule has 5 heteroatoms. The van der Waals surface area contributed by atoms with E-state index in [1.165, 1.54) is 0 Å². The Labute approximate surface area is 87.3 Å². The van der Waals surface area contributed by atoms with Crippen LogP contribution >= 0.6 is 0 Å². The molecule has 1 aromatic carbocycles. The average Bonchev–Trinajstić information content (AvgIpc) is 2.27. The second-order valence-electron chi connectivity index (χ2n) is 3.23. The Morgan fingerprint density at radius 1 is 1.27 bits per heavy atom. The number of hydrogen-bond acceptors (Lipinski definition) is 4. The third kappa shape index (κ3) is 2.76. The summed E-state index contributed by atoms with van der Waals surface area (Å²) in [5.74, 6) is -0.0567. The lowest BCUT2D eigenvalue weighted by Gasteiger charge is -2.15. The molecule has 82 valence electrons. The molecular formula is C10H14N2O3. The van der Waals surface area contributed by atoms with Gasteiger partial charge in [-0.2, -0.15) is 0 Å². The summed E-state index contributed by atoms with van der Waals surface area (Å²) >= 11 is 0. The summed E-state index contributed by atoms with van der Waals surface area (Å²) < 4.78 is 0. The molecule has 0 aliphatic heterocycles. The normalized spacial score (nSPS) is 14.6. The van der Waals surface area contributed by atoms with Gasteiger partial charge in [0.2, 0.25) is 0 Å². The number of rotatable bonds is 4. The summed E-state index contributed by atoms with van der Waals surface area (Å²) in [5, 5.41) is 34.5. The van der Waals surface area contributed by atoms with Crippen LogP contribution in [0.4, 0.5) is 0 Å². The van der Waals surface area contributed by atoms with Crippen LogP contribution in [0, 0.1) is 5.41 Å². The Morgan fingerprint density at radius 3 is 2.20 bits per heavy atom. The van der Waals surface area contributed by atoms with Crippen LogP contribution in [-0.4, -0.2) is 33.9 Å². The third-order valence-electron chi connectivity index (χ3n) is 2.11. The molecule has 5 nitrogen and oxygen atoms in total. The van der Waals surface area contributed by atoms with Crippen LogP contribution in [-0.2, 0) is 0 Å². The first-order chi connectivity index (χ1) is 7.06. The third-order valence-corrected chi connectivity index (χ3v) is 2.11. The lowest BCUT2D eigenvalue weighted by molar-refractivity contribution is -0.0152. The molecule has 2 atom stereocenters. The maximum absolute atomic E-state index is 9.52. The summed E-state index contributed by atoms with van der Waals surface area (Å²) in [6.07, 6.45) is -2.33. The quantitative estimate of drug-likeness (QED) is 0.336. The smallest absolute Gasteiger partial charge is 0.122 e. The topological polar surface area (TPSA) is 111 Å². The molecule has 15 heavy (non-hydrogen) atoms. The van der Waals surface area contributed by atoms with E-state index in [9.17, 15) is 10.2 Å². The molecule has 1 rings (SSSR count). The highest BCUT2D eigenvalue weighted by atomic mass is 16.4. The molecule has 0 aliphatic rings. The van der Waals surface area contributed by atoms with Crippen molar-refractivity contribution in [3.05, 3.63) is 35.4 Å². The molecule has 2 unspecified atom stereocenters. The molecule has 0 radical (unpaired) electrons. The largest absolute Gasteiger partial charge is 0.394 e. The van der Waals surface area contributed by atoms with Crippen LogP contribution in [0.1, 0.15) is 17.2 Å². The number of amidine groups is 1. The molecule has 0 fully saturated rings. The minimum absolute atomic E-state index is 0.0567. The first-order valence-electron chi connectivity index (χ1n) is 4.47. The van der Waals surface area contributed by atoms with E-state index in [-0.39, 0.29) is 5.84 Å². The summed E-state index contributed by atoms with van der Waals surface area (Å²) in [4.78, 5) is 0. The van der Waals surface area contributed by atoms with Crippen molar-refractivity contribution in [2.45, 2.75) is 12.2 Å². The van der Waals surface area contributed by atoms with Crippen molar-refractivity contribution in [2.75, 3.05) is 6.61 Å². The van der Waals surface area contributed by atoms with Crippen molar-refractivity contribution in [3.8, 4) is 0 Å². The second kappa shape index (κ2) is 4.88. The van der Waals surface area contributed by atoms with Crippen molar-refractivity contribution in [2.24, 2.45) is 5.73 Å². The molecule has 0 aromatic heterocycles. The number of nitrogens with two attached hydrogens (primary N) is 1. The molecule has 0 saturated carbocycles. The van der Waals surface area contributed by atoms with E-state index in [1.807, 2.05) is 0 Å². The van der Waals surface area contributed by atoms with Gasteiger partial charge in [0.15, 0.2) is 0 Å². The van der Waals surface area contributed by atoms with Crippen molar-refractivity contribution in [1.82, 2.24) is 0 Å². The first kappa shape index (κ1) is 11.6. The maximum atomic E-state index is 9.52. The van der Waals surface area contributed by atoms with Gasteiger partial charge in [-0.1, -0.05) is 24.3 Å². The zero-order valence-corrected chi connectivity index (χ0v) is 8.09. The monoisotopic (exact) mass is 210 g/mol. The van der Waals surface area contributed by atoms with Gasteiger partial charge in [-0.25, -0.2) is 0 Å². The molecule has 0 aliphatic carbocycles. The van der Waals surface area contributed by atoms with E-state index in [0.29, 0.717) is 11.1 Å². The summed E-state index contributed by atoms with van der Waals surface area (Å²) in [6, 6.07) is 6.26. The highest BCUT2D eigenvalue weighted by Crippen LogP contribution is 2.17. The number of hydrogen-bond donors (Lipinski definition) is 5. The summed E-state index contributed by atoms with van der Waals surface area (Å²) in [7, 11) is 0. The van der Waals surface area contributed by atoms with E-state index in [4.69, 9.17) is 16.2 Å². The minimum Gasteiger partial charge on any atom is -0.394 e. The van der Waals surface area contributed by atoms with Gasteiger partial charge in [0.05, 0.1) is 6.61 Å². The van der Waals surface area contributed by atoms with Crippen molar-refractivity contribution in [3.63, 3.8) is 0 Å². The minimum atomic E-state index is -1.20. The number of aliphatic hydroxyl groups excluding tert-OH is 3. The predicted octanol–water partition coefficient (Wildman–Crippen LogP) is -0.643. The highest BCUT2D eigenvalue weighted by molar-refractivity contribution is 5.94. The number of aliphatic hydroxyl groups is 3. The van der Waals surface area contributed by atoms with E-state index >= 15 is 0 Å². The SMILES string of the molecule is N=C(N)c1ccc(C(O)C(O)CO)cc1. The van der Waals surface area contributed by atoms with Crippen LogP contribution in [0.15, 0.2) is 24.3 Å². The average molecular weight is 210 g/mol. The van der Waals surface area contributed by atoms with E-state index < -0.39 is 18.8 Å².